The number of pyridine rings is 2. The number of hydrogen-bond acceptors (Lipinski definition) is 6. The number of hydrogen-bond donors (Lipinski definition) is 1. The molecule has 1 aliphatic heterocycles. The standard InChI is InChI=1S/C21H23N7O/c1-14-13-29-12-11-27(14)19-7-6-18-21(24-19)20(17-8-10-23-25-17)26-28(18)15(2)16-5-3-4-9-22-16/h3-10,14-15H,11-13H2,1-2H3,(H,23,25)/t14-,15?/m1/s1. The highest BCUT2D eigenvalue weighted by Gasteiger charge is 2.24. The molecule has 1 saturated heterocycles. The van der Waals surface area contributed by atoms with E-state index in [4.69, 9.17) is 14.8 Å². The van der Waals surface area contributed by atoms with E-state index in [2.05, 4.69) is 46.1 Å². The molecular weight excluding hydrogens is 366 g/mol. The zero-order valence-corrected chi connectivity index (χ0v) is 16.5. The van der Waals surface area contributed by atoms with Gasteiger partial charge in [0.1, 0.15) is 17.0 Å². The Bertz CT molecular complexity index is 1110. The number of nitrogens with one attached hydrogen (secondary N) is 1. The van der Waals surface area contributed by atoms with Crippen LogP contribution in [-0.4, -0.2) is 55.7 Å². The topological polar surface area (TPSA) is 84.8 Å². The van der Waals surface area contributed by atoms with Gasteiger partial charge in [0.05, 0.1) is 42.2 Å². The van der Waals surface area contributed by atoms with Gasteiger partial charge in [-0.25, -0.2) is 4.98 Å². The Labute approximate surface area is 168 Å². The minimum Gasteiger partial charge on any atom is -0.377 e. The average Bonchev–Trinajstić information content (AvgIpc) is 3.42. The highest BCUT2D eigenvalue weighted by Crippen LogP contribution is 2.31. The minimum absolute atomic E-state index is 0.0228. The van der Waals surface area contributed by atoms with Crippen LogP contribution in [0.25, 0.3) is 22.4 Å². The van der Waals surface area contributed by atoms with Gasteiger partial charge in [0, 0.05) is 18.9 Å². The second-order valence-electron chi connectivity index (χ2n) is 7.35. The third-order valence-electron chi connectivity index (χ3n) is 5.44. The van der Waals surface area contributed by atoms with Gasteiger partial charge in [0.15, 0.2) is 0 Å². The molecule has 1 aliphatic rings. The van der Waals surface area contributed by atoms with Crippen LogP contribution in [0, 0.1) is 0 Å². The van der Waals surface area contributed by atoms with Crippen molar-refractivity contribution in [3.05, 3.63) is 54.5 Å². The van der Waals surface area contributed by atoms with Crippen molar-refractivity contribution < 1.29 is 4.74 Å². The number of morpholine rings is 1. The van der Waals surface area contributed by atoms with Crippen molar-refractivity contribution in [1.82, 2.24) is 29.9 Å². The van der Waals surface area contributed by atoms with Crippen molar-refractivity contribution in [1.29, 1.82) is 0 Å². The van der Waals surface area contributed by atoms with Gasteiger partial charge in [-0.1, -0.05) is 6.07 Å². The first-order chi connectivity index (χ1) is 14.2. The normalized spacial score (nSPS) is 18.3. The van der Waals surface area contributed by atoms with E-state index in [9.17, 15) is 0 Å². The SMILES string of the molecule is CC(c1ccccn1)n1nc(-c2ccn[nH]2)c2nc(N3CCOC[C@H]3C)ccc21. The predicted octanol–water partition coefficient (Wildman–Crippen LogP) is 3.05. The van der Waals surface area contributed by atoms with E-state index >= 15 is 0 Å². The van der Waals surface area contributed by atoms with Gasteiger partial charge in [-0.2, -0.15) is 10.2 Å². The number of H-pyrrole nitrogens is 1. The first-order valence-electron chi connectivity index (χ1n) is 9.86. The molecule has 1 N–H and O–H groups in total. The van der Waals surface area contributed by atoms with Gasteiger partial charge < -0.3 is 9.64 Å². The molecule has 1 fully saturated rings. The summed E-state index contributed by atoms with van der Waals surface area (Å²) in [6, 6.07) is 12.3. The summed E-state index contributed by atoms with van der Waals surface area (Å²) < 4.78 is 7.58. The van der Waals surface area contributed by atoms with Crippen LogP contribution in [0.4, 0.5) is 5.82 Å². The molecule has 1 unspecified atom stereocenters. The molecule has 5 heterocycles. The number of aromatic amines is 1. The fraction of sp³-hybridized carbons (Fsp3) is 0.333. The molecule has 29 heavy (non-hydrogen) atoms. The van der Waals surface area contributed by atoms with Crippen molar-refractivity contribution in [3.63, 3.8) is 0 Å². The van der Waals surface area contributed by atoms with Crippen LogP contribution < -0.4 is 4.90 Å². The summed E-state index contributed by atoms with van der Waals surface area (Å²) in [5, 5.41) is 12.0. The van der Waals surface area contributed by atoms with Crippen molar-refractivity contribution >= 4 is 16.9 Å². The number of ether oxygens (including phenoxy) is 1. The van der Waals surface area contributed by atoms with Crippen LogP contribution in [0.15, 0.2) is 48.8 Å². The molecule has 0 radical (unpaired) electrons. The van der Waals surface area contributed by atoms with Gasteiger partial charge in [-0.3, -0.25) is 14.8 Å². The Morgan fingerprint density at radius 2 is 2.10 bits per heavy atom. The Kier molecular flexibility index (Phi) is 4.48. The van der Waals surface area contributed by atoms with Gasteiger partial charge in [0.25, 0.3) is 0 Å². The molecule has 8 heteroatoms. The van der Waals surface area contributed by atoms with Crippen molar-refractivity contribution in [2.75, 3.05) is 24.7 Å². The van der Waals surface area contributed by atoms with Crippen LogP contribution in [0.2, 0.25) is 0 Å². The van der Waals surface area contributed by atoms with Gasteiger partial charge >= 0.3 is 0 Å². The maximum atomic E-state index is 5.58. The Balaban J connectivity index is 1.65. The van der Waals surface area contributed by atoms with E-state index in [1.807, 2.05) is 35.1 Å². The maximum Gasteiger partial charge on any atom is 0.137 e. The Morgan fingerprint density at radius 1 is 1.17 bits per heavy atom. The molecule has 148 valence electrons. The molecular formula is C21H23N7O. The molecule has 0 saturated carbocycles. The first-order valence-corrected chi connectivity index (χ1v) is 9.86. The lowest BCUT2D eigenvalue weighted by molar-refractivity contribution is 0.0986. The molecule has 0 bridgehead atoms. The van der Waals surface area contributed by atoms with E-state index in [0.29, 0.717) is 13.2 Å². The quantitative estimate of drug-likeness (QED) is 0.577. The fourth-order valence-electron chi connectivity index (χ4n) is 3.85. The zero-order chi connectivity index (χ0) is 19.8. The lowest BCUT2D eigenvalue weighted by atomic mass is 10.2. The second kappa shape index (κ2) is 7.29. The van der Waals surface area contributed by atoms with E-state index in [1.165, 1.54) is 0 Å². The molecule has 8 nitrogen and oxygen atoms in total. The monoisotopic (exact) mass is 389 g/mol. The van der Waals surface area contributed by atoms with E-state index < -0.39 is 0 Å². The molecule has 0 aliphatic carbocycles. The van der Waals surface area contributed by atoms with Crippen molar-refractivity contribution in [2.24, 2.45) is 0 Å². The highest BCUT2D eigenvalue weighted by atomic mass is 16.5. The summed E-state index contributed by atoms with van der Waals surface area (Å²) in [6.45, 7) is 6.52. The molecule has 4 aromatic rings. The molecule has 4 aromatic heterocycles. The summed E-state index contributed by atoms with van der Waals surface area (Å²) in [5.74, 6) is 0.944. The number of fused-ring (bicyclic) bond motifs is 1. The van der Waals surface area contributed by atoms with Crippen molar-refractivity contribution in [3.8, 4) is 11.4 Å². The Hall–Kier alpha value is -3.26. The van der Waals surface area contributed by atoms with Crippen LogP contribution in [0.3, 0.4) is 0 Å². The summed E-state index contributed by atoms with van der Waals surface area (Å²) in [6.07, 6.45) is 3.54. The lowest BCUT2D eigenvalue weighted by Gasteiger charge is -2.34. The Morgan fingerprint density at radius 3 is 2.86 bits per heavy atom. The third-order valence-corrected chi connectivity index (χ3v) is 5.44. The maximum absolute atomic E-state index is 5.58. The zero-order valence-electron chi connectivity index (χ0n) is 16.5. The fourth-order valence-corrected chi connectivity index (χ4v) is 3.85. The van der Waals surface area contributed by atoms with Crippen LogP contribution in [0.5, 0.6) is 0 Å². The van der Waals surface area contributed by atoms with Crippen LogP contribution in [-0.2, 0) is 4.74 Å². The molecule has 0 spiro atoms. The predicted molar refractivity (Wildman–Crippen MR) is 111 cm³/mol. The molecule has 2 atom stereocenters. The van der Waals surface area contributed by atoms with Gasteiger partial charge in [0.2, 0.25) is 0 Å². The molecule has 0 amide bonds. The van der Waals surface area contributed by atoms with E-state index in [1.54, 1.807) is 6.20 Å². The molecule has 5 rings (SSSR count). The largest absolute Gasteiger partial charge is 0.377 e. The summed E-state index contributed by atoms with van der Waals surface area (Å²) >= 11 is 0. The van der Waals surface area contributed by atoms with E-state index in [-0.39, 0.29) is 12.1 Å². The number of anilines is 1. The van der Waals surface area contributed by atoms with E-state index in [0.717, 1.165) is 40.5 Å². The van der Waals surface area contributed by atoms with Gasteiger partial charge in [-0.15, -0.1) is 0 Å². The highest BCUT2D eigenvalue weighted by molar-refractivity contribution is 5.90. The number of rotatable bonds is 4. The minimum atomic E-state index is -0.0228. The number of aromatic nitrogens is 6. The lowest BCUT2D eigenvalue weighted by Crippen LogP contribution is -2.44. The van der Waals surface area contributed by atoms with Crippen LogP contribution in [0.1, 0.15) is 25.6 Å². The summed E-state index contributed by atoms with van der Waals surface area (Å²) in [7, 11) is 0. The smallest absolute Gasteiger partial charge is 0.137 e. The van der Waals surface area contributed by atoms with Crippen molar-refractivity contribution in [2.45, 2.75) is 25.9 Å². The summed E-state index contributed by atoms with van der Waals surface area (Å²) in [4.78, 5) is 11.8. The average molecular weight is 389 g/mol. The van der Waals surface area contributed by atoms with Crippen LogP contribution >= 0.6 is 0 Å². The number of nitrogens with zero attached hydrogens (tertiary/aromatic N) is 6. The third kappa shape index (κ3) is 3.15. The second-order valence-corrected chi connectivity index (χ2v) is 7.35. The van der Waals surface area contributed by atoms with Gasteiger partial charge in [-0.05, 0) is 44.2 Å². The summed E-state index contributed by atoms with van der Waals surface area (Å²) in [5.41, 5.74) is 4.43. The first kappa shape index (κ1) is 17.8. The molecule has 0 aromatic carbocycles.